The summed E-state index contributed by atoms with van der Waals surface area (Å²) in [5, 5.41) is 1.03. The molecule has 5 N–H and O–H groups in total. The third-order valence-electron chi connectivity index (χ3n) is 4.59. The van der Waals surface area contributed by atoms with Crippen molar-refractivity contribution in [2.75, 3.05) is 21.3 Å². The fourth-order valence-electron chi connectivity index (χ4n) is 3.21. The molecule has 0 saturated heterocycles. The Hall–Kier alpha value is -3.63. The quantitative estimate of drug-likeness (QED) is 0.208. The predicted octanol–water partition coefficient (Wildman–Crippen LogP) is 2.89. The molecule has 0 spiro atoms. The first-order chi connectivity index (χ1) is 15.7. The Morgan fingerprint density at radius 1 is 1.00 bits per heavy atom. The molecule has 0 bridgehead atoms. The van der Waals surface area contributed by atoms with Crippen LogP contribution in [0.3, 0.4) is 0 Å². The zero-order chi connectivity index (χ0) is 24.2. The van der Waals surface area contributed by atoms with E-state index < -0.39 is 7.82 Å². The molecule has 0 saturated carbocycles. The Morgan fingerprint density at radius 2 is 1.61 bits per heavy atom. The highest BCUT2D eigenvalue weighted by molar-refractivity contribution is 7.45. The summed E-state index contributed by atoms with van der Waals surface area (Å²) in [5.74, 6) is 1.67. The molecule has 33 heavy (non-hydrogen) atoms. The van der Waals surface area contributed by atoms with E-state index in [0.29, 0.717) is 34.3 Å². The van der Waals surface area contributed by atoms with Crippen molar-refractivity contribution in [1.82, 2.24) is 15.0 Å². The Labute approximate surface area is 188 Å². The van der Waals surface area contributed by atoms with E-state index in [9.17, 15) is 4.79 Å². The van der Waals surface area contributed by atoms with E-state index in [2.05, 4.69) is 15.0 Å². The third kappa shape index (κ3) is 5.60. The standard InChI is InChI=1S/C21H19N3O4.H3O4P/c1-26-17-8-12(9-18(27-2)20(17)28-3)19(25)16-11-23-21(24-16)14-10-22-15-7-5-4-6-13(14)15;1-5(2,3)4/h4-11,22H,1-3H3,(H,23,24);(H3,1,2,3,4). The van der Waals surface area contributed by atoms with Gasteiger partial charge in [0.1, 0.15) is 11.5 Å². The second-order valence-corrected chi connectivity index (χ2v) is 7.68. The van der Waals surface area contributed by atoms with Crippen LogP contribution in [0.25, 0.3) is 22.3 Å². The van der Waals surface area contributed by atoms with Crippen molar-refractivity contribution in [1.29, 1.82) is 0 Å². The fraction of sp³-hybridized carbons (Fsp3) is 0.143. The van der Waals surface area contributed by atoms with Gasteiger partial charge in [-0.2, -0.15) is 0 Å². The molecule has 174 valence electrons. The monoisotopic (exact) mass is 475 g/mol. The maximum atomic E-state index is 13.0. The van der Waals surface area contributed by atoms with Crippen molar-refractivity contribution < 1.29 is 38.3 Å². The van der Waals surface area contributed by atoms with Gasteiger partial charge >= 0.3 is 7.82 Å². The number of carbonyl (C=O) groups excluding carboxylic acids is 1. The average molecular weight is 475 g/mol. The molecular weight excluding hydrogens is 453 g/mol. The molecule has 4 rings (SSSR count). The minimum atomic E-state index is -4.64. The number of hydrogen-bond acceptors (Lipinski definition) is 6. The maximum absolute atomic E-state index is 13.0. The molecule has 0 atom stereocenters. The molecule has 11 nitrogen and oxygen atoms in total. The summed E-state index contributed by atoms with van der Waals surface area (Å²) < 4.78 is 24.9. The van der Waals surface area contributed by atoms with Crippen molar-refractivity contribution in [3.8, 4) is 28.6 Å². The third-order valence-corrected chi connectivity index (χ3v) is 4.59. The summed E-state index contributed by atoms with van der Waals surface area (Å²) in [6, 6.07) is 11.2. The summed E-state index contributed by atoms with van der Waals surface area (Å²) in [6.07, 6.45) is 3.40. The van der Waals surface area contributed by atoms with Crippen LogP contribution < -0.4 is 14.2 Å². The van der Waals surface area contributed by atoms with Crippen LogP contribution >= 0.6 is 7.82 Å². The number of rotatable bonds is 6. The van der Waals surface area contributed by atoms with Gasteiger partial charge in [-0.05, 0) is 18.2 Å². The molecule has 0 aliphatic heterocycles. The number of ether oxygens (including phenoxy) is 3. The van der Waals surface area contributed by atoms with E-state index in [1.165, 1.54) is 27.5 Å². The molecule has 0 amide bonds. The Morgan fingerprint density at radius 3 is 2.18 bits per heavy atom. The van der Waals surface area contributed by atoms with Crippen LogP contribution in [0.1, 0.15) is 16.1 Å². The minimum Gasteiger partial charge on any atom is -0.493 e. The first-order valence-corrected chi connectivity index (χ1v) is 11.0. The molecule has 12 heteroatoms. The summed E-state index contributed by atoms with van der Waals surface area (Å²) in [5.41, 5.74) is 2.68. The molecule has 2 aromatic carbocycles. The number of aromatic nitrogens is 3. The number of benzene rings is 2. The lowest BCUT2D eigenvalue weighted by molar-refractivity contribution is 0.103. The van der Waals surface area contributed by atoms with E-state index in [-0.39, 0.29) is 5.78 Å². The number of para-hydroxylation sites is 1. The number of imidazole rings is 1. The average Bonchev–Trinajstić information content (AvgIpc) is 3.43. The molecule has 2 heterocycles. The van der Waals surface area contributed by atoms with Crippen LogP contribution in [0, 0.1) is 0 Å². The van der Waals surface area contributed by atoms with E-state index in [1.54, 1.807) is 12.1 Å². The Balaban J connectivity index is 0.000000555. The second kappa shape index (κ2) is 9.88. The summed E-state index contributed by atoms with van der Waals surface area (Å²) in [7, 11) is -0.0992. The predicted molar refractivity (Wildman–Crippen MR) is 120 cm³/mol. The number of carbonyl (C=O) groups is 1. The first kappa shape index (κ1) is 24.0. The van der Waals surface area contributed by atoms with Crippen molar-refractivity contribution in [2.45, 2.75) is 0 Å². The van der Waals surface area contributed by atoms with Gasteiger partial charge in [0, 0.05) is 28.2 Å². The van der Waals surface area contributed by atoms with Gasteiger partial charge in [0.05, 0.1) is 27.5 Å². The smallest absolute Gasteiger partial charge is 0.466 e. The molecule has 0 radical (unpaired) electrons. The largest absolute Gasteiger partial charge is 0.493 e. The van der Waals surface area contributed by atoms with E-state index in [4.69, 9.17) is 33.5 Å². The van der Waals surface area contributed by atoms with Gasteiger partial charge in [-0.3, -0.25) is 4.79 Å². The van der Waals surface area contributed by atoms with E-state index >= 15 is 0 Å². The van der Waals surface area contributed by atoms with Crippen molar-refractivity contribution in [3.05, 3.63) is 60.0 Å². The number of phosphoric acid groups is 1. The number of nitrogens with one attached hydrogen (secondary N) is 2. The van der Waals surface area contributed by atoms with Gasteiger partial charge in [-0.25, -0.2) is 9.55 Å². The number of hydrogen-bond donors (Lipinski definition) is 5. The van der Waals surface area contributed by atoms with Crippen LogP contribution in [0.2, 0.25) is 0 Å². The highest BCUT2D eigenvalue weighted by atomic mass is 31.2. The summed E-state index contributed by atoms with van der Waals surface area (Å²) in [4.78, 5) is 45.3. The summed E-state index contributed by atoms with van der Waals surface area (Å²) in [6.45, 7) is 0. The molecule has 2 aromatic heterocycles. The van der Waals surface area contributed by atoms with Gasteiger partial charge in [0.15, 0.2) is 11.5 Å². The molecule has 0 unspecified atom stereocenters. The molecule has 0 aliphatic carbocycles. The lowest BCUT2D eigenvalue weighted by Crippen LogP contribution is -2.04. The van der Waals surface area contributed by atoms with Gasteiger partial charge in [0.2, 0.25) is 11.5 Å². The molecule has 0 aliphatic rings. The highest BCUT2D eigenvalue weighted by Crippen LogP contribution is 2.38. The topological polar surface area (TPSA) is 167 Å². The van der Waals surface area contributed by atoms with Crippen LogP contribution in [-0.4, -0.2) is 56.7 Å². The second-order valence-electron chi connectivity index (χ2n) is 6.65. The number of ketones is 1. The van der Waals surface area contributed by atoms with Crippen molar-refractivity contribution in [3.63, 3.8) is 0 Å². The van der Waals surface area contributed by atoms with Crippen molar-refractivity contribution in [2.24, 2.45) is 0 Å². The van der Waals surface area contributed by atoms with Gasteiger partial charge < -0.3 is 38.9 Å². The van der Waals surface area contributed by atoms with Gasteiger partial charge in [0.25, 0.3) is 0 Å². The fourth-order valence-corrected chi connectivity index (χ4v) is 3.21. The summed E-state index contributed by atoms with van der Waals surface area (Å²) >= 11 is 0. The van der Waals surface area contributed by atoms with E-state index in [1.807, 2.05) is 30.5 Å². The number of H-pyrrole nitrogens is 2. The SMILES string of the molecule is COc1cc(C(=O)c2cnc(-c3c[nH]c4ccccc34)[nH]2)cc(OC)c1OC.O=P(O)(O)O. The Bertz CT molecular complexity index is 1290. The maximum Gasteiger partial charge on any atom is 0.466 e. The van der Waals surface area contributed by atoms with Crippen LogP contribution in [0.15, 0.2) is 48.8 Å². The van der Waals surface area contributed by atoms with E-state index in [0.717, 1.165) is 16.5 Å². The molecule has 4 aromatic rings. The number of fused-ring (bicyclic) bond motifs is 1. The Kier molecular flexibility index (Phi) is 7.19. The highest BCUT2D eigenvalue weighted by Gasteiger charge is 2.20. The number of aromatic amines is 2. The lowest BCUT2D eigenvalue weighted by atomic mass is 10.1. The van der Waals surface area contributed by atoms with Gasteiger partial charge in [-0.15, -0.1) is 0 Å². The first-order valence-electron chi connectivity index (χ1n) is 9.40. The zero-order valence-electron chi connectivity index (χ0n) is 17.9. The minimum absolute atomic E-state index is 0.224. The van der Waals surface area contributed by atoms with Crippen LogP contribution in [0.4, 0.5) is 0 Å². The zero-order valence-corrected chi connectivity index (χ0v) is 18.8. The molecular formula is C21H22N3O8P. The lowest BCUT2D eigenvalue weighted by Gasteiger charge is -2.13. The molecule has 0 fully saturated rings. The van der Waals surface area contributed by atoms with Crippen LogP contribution in [-0.2, 0) is 4.57 Å². The van der Waals surface area contributed by atoms with Gasteiger partial charge in [-0.1, -0.05) is 18.2 Å². The van der Waals surface area contributed by atoms with Crippen LogP contribution in [0.5, 0.6) is 17.2 Å². The normalized spacial score (nSPS) is 11.0. The number of nitrogens with zero attached hydrogens (tertiary/aromatic N) is 1. The van der Waals surface area contributed by atoms with Crippen molar-refractivity contribution >= 4 is 24.5 Å². The number of methoxy groups -OCH3 is 3.